The Morgan fingerprint density at radius 3 is 2.69 bits per heavy atom. The monoisotopic (exact) mass is 184 g/mol. The number of rotatable bonds is 1. The molecule has 0 aromatic rings. The summed E-state index contributed by atoms with van der Waals surface area (Å²) in [6, 6.07) is 0. The molecule has 2 heteroatoms. The van der Waals surface area contributed by atoms with Gasteiger partial charge in [0.1, 0.15) is 6.61 Å². The van der Waals surface area contributed by atoms with E-state index in [0.717, 1.165) is 19.3 Å². The van der Waals surface area contributed by atoms with Gasteiger partial charge in [0.05, 0.1) is 6.10 Å². The summed E-state index contributed by atoms with van der Waals surface area (Å²) >= 11 is 0. The Hall–Kier alpha value is -0.370. The van der Waals surface area contributed by atoms with E-state index < -0.39 is 0 Å². The molecule has 0 N–H and O–H groups in total. The van der Waals surface area contributed by atoms with E-state index in [2.05, 4.69) is 13.8 Å². The Bertz CT molecular complexity index is 177. The third kappa shape index (κ3) is 2.80. The zero-order chi connectivity index (χ0) is 9.84. The predicted molar refractivity (Wildman–Crippen MR) is 52.6 cm³/mol. The molecule has 0 aromatic heterocycles. The summed E-state index contributed by atoms with van der Waals surface area (Å²) in [6.07, 6.45) is 3.45. The fraction of sp³-hybridized carbons (Fsp3) is 0.909. The molecule has 1 aliphatic rings. The first-order valence-corrected chi connectivity index (χ1v) is 5.29. The van der Waals surface area contributed by atoms with Gasteiger partial charge < -0.3 is 4.74 Å². The molecule has 0 spiro atoms. The van der Waals surface area contributed by atoms with Crippen LogP contribution in [0.3, 0.4) is 0 Å². The van der Waals surface area contributed by atoms with Gasteiger partial charge in [-0.3, -0.25) is 4.79 Å². The summed E-state index contributed by atoms with van der Waals surface area (Å²) in [5, 5.41) is 0. The molecule has 3 unspecified atom stereocenters. The lowest BCUT2D eigenvalue weighted by Crippen LogP contribution is -2.30. The van der Waals surface area contributed by atoms with E-state index in [1.165, 1.54) is 0 Å². The van der Waals surface area contributed by atoms with E-state index in [0.29, 0.717) is 12.5 Å². The Morgan fingerprint density at radius 1 is 1.38 bits per heavy atom. The van der Waals surface area contributed by atoms with E-state index in [9.17, 15) is 4.79 Å². The van der Waals surface area contributed by atoms with E-state index in [1.807, 2.05) is 6.92 Å². The molecule has 2 nitrogen and oxygen atoms in total. The Morgan fingerprint density at radius 2 is 2.08 bits per heavy atom. The average molecular weight is 184 g/mol. The van der Waals surface area contributed by atoms with Crippen molar-refractivity contribution in [3.63, 3.8) is 0 Å². The molecule has 1 fully saturated rings. The highest BCUT2D eigenvalue weighted by Gasteiger charge is 2.24. The minimum Gasteiger partial charge on any atom is -0.370 e. The van der Waals surface area contributed by atoms with E-state index in [1.54, 1.807) is 0 Å². The first-order chi connectivity index (χ1) is 6.15. The van der Waals surface area contributed by atoms with Gasteiger partial charge >= 0.3 is 0 Å². The van der Waals surface area contributed by atoms with Gasteiger partial charge in [0.15, 0.2) is 5.78 Å². The first kappa shape index (κ1) is 10.7. The van der Waals surface area contributed by atoms with E-state index in [4.69, 9.17) is 4.74 Å². The van der Waals surface area contributed by atoms with Gasteiger partial charge in [-0.05, 0) is 25.2 Å². The van der Waals surface area contributed by atoms with Gasteiger partial charge in [0, 0.05) is 5.92 Å². The van der Waals surface area contributed by atoms with Crippen LogP contribution in [-0.4, -0.2) is 18.5 Å². The van der Waals surface area contributed by atoms with Crippen molar-refractivity contribution in [1.82, 2.24) is 0 Å². The van der Waals surface area contributed by atoms with Crippen molar-refractivity contribution in [1.29, 1.82) is 0 Å². The van der Waals surface area contributed by atoms with Crippen LogP contribution in [0.4, 0.5) is 0 Å². The average Bonchev–Trinajstić information content (AvgIpc) is 2.13. The highest BCUT2D eigenvalue weighted by Crippen LogP contribution is 2.23. The molecular formula is C11H20O2. The maximum atomic E-state index is 11.4. The topological polar surface area (TPSA) is 26.3 Å². The Labute approximate surface area is 80.7 Å². The number of carbonyl (C=O) groups excluding carboxylic acids is 1. The highest BCUT2D eigenvalue weighted by atomic mass is 16.5. The van der Waals surface area contributed by atoms with Gasteiger partial charge in [0.2, 0.25) is 0 Å². The van der Waals surface area contributed by atoms with Gasteiger partial charge in [-0.15, -0.1) is 0 Å². The van der Waals surface area contributed by atoms with Crippen molar-refractivity contribution >= 4 is 5.78 Å². The summed E-state index contributed by atoms with van der Waals surface area (Å²) in [5.74, 6) is 1.06. The molecule has 1 heterocycles. The van der Waals surface area contributed by atoms with Crippen LogP contribution in [0.2, 0.25) is 0 Å². The maximum absolute atomic E-state index is 11.4. The van der Waals surface area contributed by atoms with Gasteiger partial charge in [-0.1, -0.05) is 20.8 Å². The molecule has 1 saturated heterocycles. The van der Waals surface area contributed by atoms with Crippen molar-refractivity contribution < 1.29 is 9.53 Å². The summed E-state index contributed by atoms with van der Waals surface area (Å²) < 4.78 is 5.58. The molecule has 1 aliphatic heterocycles. The quantitative estimate of drug-likeness (QED) is 0.625. The second-order valence-electron chi connectivity index (χ2n) is 4.18. The van der Waals surface area contributed by atoms with Crippen LogP contribution in [0.25, 0.3) is 0 Å². The second-order valence-corrected chi connectivity index (χ2v) is 4.18. The fourth-order valence-electron chi connectivity index (χ4n) is 1.88. The third-order valence-electron chi connectivity index (χ3n) is 3.08. The van der Waals surface area contributed by atoms with Crippen LogP contribution in [0.15, 0.2) is 0 Å². The zero-order valence-corrected chi connectivity index (χ0v) is 8.88. The number of Topliss-reactive ketones (excluding diaryl/α,β-unsaturated/α-hetero) is 1. The summed E-state index contributed by atoms with van der Waals surface area (Å²) in [4.78, 5) is 11.4. The van der Waals surface area contributed by atoms with E-state index >= 15 is 0 Å². The van der Waals surface area contributed by atoms with Crippen molar-refractivity contribution in [3.05, 3.63) is 0 Å². The number of carbonyl (C=O) groups is 1. The van der Waals surface area contributed by atoms with Gasteiger partial charge in [-0.2, -0.15) is 0 Å². The van der Waals surface area contributed by atoms with Crippen molar-refractivity contribution in [2.75, 3.05) is 6.61 Å². The van der Waals surface area contributed by atoms with Crippen molar-refractivity contribution in [2.24, 2.45) is 11.8 Å². The minimum atomic E-state index is 0.195. The molecule has 0 aromatic carbocycles. The van der Waals surface area contributed by atoms with Crippen LogP contribution < -0.4 is 0 Å². The zero-order valence-electron chi connectivity index (χ0n) is 8.88. The normalized spacial score (nSPS) is 36.8. The van der Waals surface area contributed by atoms with Gasteiger partial charge in [0.25, 0.3) is 0 Å². The Balaban J connectivity index is 2.53. The standard InChI is InChI=1S/C11H20O2/c1-4-11-9(3)6-5-8(2)10(12)7-13-11/h8-9,11H,4-7H2,1-3H3. The summed E-state index contributed by atoms with van der Waals surface area (Å²) in [5.41, 5.74) is 0. The van der Waals surface area contributed by atoms with Crippen LogP contribution in [0, 0.1) is 11.8 Å². The highest BCUT2D eigenvalue weighted by molar-refractivity contribution is 5.81. The summed E-state index contributed by atoms with van der Waals surface area (Å²) in [7, 11) is 0. The molecule has 0 bridgehead atoms. The molecule has 0 saturated carbocycles. The number of hydrogen-bond donors (Lipinski definition) is 0. The SMILES string of the molecule is CCC1OCC(=O)C(C)CCC1C. The number of ketones is 1. The van der Waals surface area contributed by atoms with Crippen LogP contribution >= 0.6 is 0 Å². The second kappa shape index (κ2) is 4.75. The van der Waals surface area contributed by atoms with E-state index in [-0.39, 0.29) is 17.8 Å². The van der Waals surface area contributed by atoms with Crippen LogP contribution in [-0.2, 0) is 9.53 Å². The predicted octanol–water partition coefficient (Wildman–Crippen LogP) is 2.42. The minimum absolute atomic E-state index is 0.195. The molecule has 1 rings (SSSR count). The Kier molecular flexibility index (Phi) is 3.91. The molecule has 76 valence electrons. The third-order valence-corrected chi connectivity index (χ3v) is 3.08. The smallest absolute Gasteiger partial charge is 0.161 e. The lowest BCUT2D eigenvalue weighted by atomic mass is 9.89. The lowest BCUT2D eigenvalue weighted by Gasteiger charge is -2.27. The fourth-order valence-corrected chi connectivity index (χ4v) is 1.88. The molecule has 0 amide bonds. The molecule has 0 aliphatic carbocycles. The largest absolute Gasteiger partial charge is 0.370 e. The molecular weight excluding hydrogens is 164 g/mol. The molecule has 0 radical (unpaired) electrons. The maximum Gasteiger partial charge on any atom is 0.161 e. The van der Waals surface area contributed by atoms with Gasteiger partial charge in [-0.25, -0.2) is 0 Å². The number of ether oxygens (including phenoxy) is 1. The lowest BCUT2D eigenvalue weighted by molar-refractivity contribution is -0.132. The van der Waals surface area contributed by atoms with Crippen molar-refractivity contribution in [2.45, 2.75) is 46.1 Å². The molecule has 13 heavy (non-hydrogen) atoms. The van der Waals surface area contributed by atoms with Crippen molar-refractivity contribution in [3.8, 4) is 0 Å². The number of hydrogen-bond acceptors (Lipinski definition) is 2. The van der Waals surface area contributed by atoms with Crippen LogP contribution in [0.5, 0.6) is 0 Å². The summed E-state index contributed by atoms with van der Waals surface area (Å²) in [6.45, 7) is 6.67. The molecule has 3 atom stereocenters. The first-order valence-electron chi connectivity index (χ1n) is 5.29. The van der Waals surface area contributed by atoms with Crippen LogP contribution in [0.1, 0.15) is 40.0 Å².